The summed E-state index contributed by atoms with van der Waals surface area (Å²) in [4.78, 5) is 51.3. The van der Waals surface area contributed by atoms with E-state index in [1.807, 2.05) is 18.2 Å². The van der Waals surface area contributed by atoms with Gasteiger partial charge in [-0.15, -0.1) is 0 Å². The van der Waals surface area contributed by atoms with E-state index in [0.717, 1.165) is 22.2 Å². The second-order valence-electron chi connectivity index (χ2n) is 5.69. The molecule has 2 N–H and O–H groups in total. The first-order valence-corrected chi connectivity index (χ1v) is 8.98. The van der Waals surface area contributed by atoms with Gasteiger partial charge in [-0.2, -0.15) is 0 Å². The Labute approximate surface area is 153 Å². The number of amides is 3. The predicted octanol–water partition coefficient (Wildman–Crippen LogP) is 1.52. The maximum absolute atomic E-state index is 12.3. The van der Waals surface area contributed by atoms with E-state index in [0.29, 0.717) is 10.9 Å². The number of aromatic nitrogens is 1. The Balaban J connectivity index is 1.51. The third-order valence-corrected chi connectivity index (χ3v) is 4.80. The average Bonchev–Trinajstić information content (AvgIpc) is 3.19. The second kappa shape index (κ2) is 7.61. The molecule has 2 aromatic rings. The number of imide groups is 1. The quantitative estimate of drug-likeness (QED) is 0.741. The van der Waals surface area contributed by atoms with Gasteiger partial charge in [-0.3, -0.25) is 19.3 Å². The van der Waals surface area contributed by atoms with Gasteiger partial charge < -0.3 is 15.0 Å². The number of para-hydroxylation sites is 1. The van der Waals surface area contributed by atoms with Gasteiger partial charge in [0.05, 0.1) is 11.3 Å². The molecule has 8 nitrogen and oxygen atoms in total. The van der Waals surface area contributed by atoms with Crippen molar-refractivity contribution >= 4 is 45.7 Å². The van der Waals surface area contributed by atoms with Gasteiger partial charge in [-0.25, -0.2) is 4.79 Å². The first kappa shape index (κ1) is 18.0. The van der Waals surface area contributed by atoms with Gasteiger partial charge in [0.15, 0.2) is 6.10 Å². The molecule has 26 heavy (non-hydrogen) atoms. The minimum absolute atomic E-state index is 0.0967. The summed E-state index contributed by atoms with van der Waals surface area (Å²) < 4.78 is 5.21. The summed E-state index contributed by atoms with van der Waals surface area (Å²) in [7, 11) is 0. The lowest BCUT2D eigenvalue weighted by atomic mass is 10.2. The van der Waals surface area contributed by atoms with Crippen molar-refractivity contribution in [3.05, 3.63) is 36.0 Å². The lowest BCUT2D eigenvalue weighted by Crippen LogP contribution is -2.41. The van der Waals surface area contributed by atoms with E-state index >= 15 is 0 Å². The first-order chi connectivity index (χ1) is 12.5. The van der Waals surface area contributed by atoms with Crippen LogP contribution in [0.4, 0.5) is 4.79 Å². The molecule has 0 radical (unpaired) electrons. The van der Waals surface area contributed by atoms with Crippen molar-refractivity contribution in [3.8, 4) is 0 Å². The van der Waals surface area contributed by atoms with Crippen LogP contribution in [0.15, 0.2) is 30.5 Å². The number of nitrogens with zero attached hydrogens (tertiary/aromatic N) is 1. The molecule has 1 saturated heterocycles. The molecule has 1 aromatic carbocycles. The summed E-state index contributed by atoms with van der Waals surface area (Å²) in [5.41, 5.74) is 1.15. The summed E-state index contributed by atoms with van der Waals surface area (Å²) in [6.07, 6.45) is 0.537. The van der Waals surface area contributed by atoms with Crippen LogP contribution in [0.1, 0.15) is 17.3 Å². The Morgan fingerprint density at radius 1 is 1.35 bits per heavy atom. The fourth-order valence-corrected chi connectivity index (χ4v) is 3.30. The summed E-state index contributed by atoms with van der Waals surface area (Å²) in [5, 5.41) is 2.96. The van der Waals surface area contributed by atoms with Crippen molar-refractivity contribution < 1.29 is 23.9 Å². The first-order valence-electron chi connectivity index (χ1n) is 7.99. The van der Waals surface area contributed by atoms with Crippen LogP contribution in [-0.2, 0) is 14.3 Å². The molecule has 0 unspecified atom stereocenters. The van der Waals surface area contributed by atoms with Crippen LogP contribution in [0.3, 0.4) is 0 Å². The molecule has 3 amide bonds. The van der Waals surface area contributed by atoms with Gasteiger partial charge in [0.1, 0.15) is 0 Å². The standard InChI is InChI=1S/C17H17N3O5S/c1-10(15(22)18-6-7-20-14(21)9-26-17(20)24)25-16(23)12-8-19-13-5-3-2-4-11(12)13/h2-5,8,10,19H,6-7,9H2,1H3,(H,18,22)/t10-/m0/s1. The molecule has 9 heteroatoms. The van der Waals surface area contributed by atoms with E-state index in [1.165, 1.54) is 6.92 Å². The van der Waals surface area contributed by atoms with E-state index in [1.54, 1.807) is 12.3 Å². The van der Waals surface area contributed by atoms with Crippen LogP contribution in [0.2, 0.25) is 0 Å². The number of nitrogens with one attached hydrogen (secondary N) is 2. The molecular formula is C17H17N3O5S. The monoisotopic (exact) mass is 375 g/mol. The van der Waals surface area contributed by atoms with Gasteiger partial charge >= 0.3 is 5.97 Å². The molecule has 2 heterocycles. The van der Waals surface area contributed by atoms with Crippen LogP contribution in [0.5, 0.6) is 0 Å². The Bertz CT molecular complexity index is 862. The van der Waals surface area contributed by atoms with E-state index in [2.05, 4.69) is 10.3 Å². The number of hydrogen-bond acceptors (Lipinski definition) is 6. The number of thioether (sulfide) groups is 1. The highest BCUT2D eigenvalue weighted by atomic mass is 32.2. The van der Waals surface area contributed by atoms with Gasteiger partial charge in [0.2, 0.25) is 5.91 Å². The van der Waals surface area contributed by atoms with Crippen molar-refractivity contribution in [2.24, 2.45) is 0 Å². The summed E-state index contributed by atoms with van der Waals surface area (Å²) in [5.74, 6) is -1.24. The van der Waals surface area contributed by atoms with Crippen molar-refractivity contribution in [1.82, 2.24) is 15.2 Å². The summed E-state index contributed by atoms with van der Waals surface area (Å²) in [6.45, 7) is 1.66. The number of fused-ring (bicyclic) bond motifs is 1. The Kier molecular flexibility index (Phi) is 5.27. The van der Waals surface area contributed by atoms with Crippen LogP contribution in [-0.4, -0.2) is 57.9 Å². The van der Waals surface area contributed by atoms with Crippen molar-refractivity contribution in [2.45, 2.75) is 13.0 Å². The fraction of sp³-hybridized carbons (Fsp3) is 0.294. The predicted molar refractivity (Wildman–Crippen MR) is 95.8 cm³/mol. The van der Waals surface area contributed by atoms with Crippen molar-refractivity contribution in [1.29, 1.82) is 0 Å². The number of carbonyl (C=O) groups excluding carboxylic acids is 4. The molecule has 0 saturated carbocycles. The molecule has 1 fully saturated rings. The van der Waals surface area contributed by atoms with Crippen LogP contribution in [0.25, 0.3) is 10.9 Å². The lowest BCUT2D eigenvalue weighted by molar-refractivity contribution is -0.130. The topological polar surface area (TPSA) is 109 Å². The Morgan fingerprint density at radius 3 is 2.85 bits per heavy atom. The number of rotatable bonds is 6. The van der Waals surface area contributed by atoms with E-state index in [9.17, 15) is 19.2 Å². The van der Waals surface area contributed by atoms with E-state index in [-0.39, 0.29) is 30.0 Å². The zero-order valence-electron chi connectivity index (χ0n) is 14.0. The average molecular weight is 375 g/mol. The molecule has 136 valence electrons. The van der Waals surface area contributed by atoms with E-state index in [4.69, 9.17) is 4.74 Å². The molecule has 1 aliphatic rings. The number of benzene rings is 1. The van der Waals surface area contributed by atoms with Crippen LogP contribution < -0.4 is 5.32 Å². The van der Waals surface area contributed by atoms with Gasteiger partial charge in [0.25, 0.3) is 11.1 Å². The molecule has 1 aromatic heterocycles. The zero-order valence-corrected chi connectivity index (χ0v) is 14.8. The van der Waals surface area contributed by atoms with Crippen LogP contribution >= 0.6 is 11.8 Å². The number of esters is 1. The maximum Gasteiger partial charge on any atom is 0.341 e. The lowest BCUT2D eigenvalue weighted by Gasteiger charge is -2.16. The summed E-state index contributed by atoms with van der Waals surface area (Å²) in [6, 6.07) is 7.28. The van der Waals surface area contributed by atoms with Crippen molar-refractivity contribution in [3.63, 3.8) is 0 Å². The second-order valence-corrected chi connectivity index (χ2v) is 6.61. The number of carbonyl (C=O) groups is 4. The third-order valence-electron chi connectivity index (χ3n) is 3.94. The molecular weight excluding hydrogens is 358 g/mol. The maximum atomic E-state index is 12.3. The number of hydrogen-bond donors (Lipinski definition) is 2. The molecule has 0 spiro atoms. The normalized spacial score (nSPS) is 15.3. The van der Waals surface area contributed by atoms with Gasteiger partial charge in [-0.1, -0.05) is 30.0 Å². The molecule has 0 bridgehead atoms. The number of ether oxygens (including phenoxy) is 1. The Hall–Kier alpha value is -2.81. The minimum atomic E-state index is -1.00. The van der Waals surface area contributed by atoms with Gasteiger partial charge in [-0.05, 0) is 13.0 Å². The van der Waals surface area contributed by atoms with Crippen molar-refractivity contribution in [2.75, 3.05) is 18.8 Å². The number of H-pyrrole nitrogens is 1. The zero-order chi connectivity index (χ0) is 18.7. The fourth-order valence-electron chi connectivity index (χ4n) is 2.55. The minimum Gasteiger partial charge on any atom is -0.449 e. The largest absolute Gasteiger partial charge is 0.449 e. The van der Waals surface area contributed by atoms with E-state index < -0.39 is 18.0 Å². The van der Waals surface area contributed by atoms with Gasteiger partial charge in [0, 0.05) is 30.2 Å². The summed E-state index contributed by atoms with van der Waals surface area (Å²) >= 11 is 0.939. The SMILES string of the molecule is C[C@H](OC(=O)c1c[nH]c2ccccc12)C(=O)NCCN1C(=O)CSC1=O. The molecule has 1 atom stereocenters. The number of aromatic amines is 1. The molecule has 1 aliphatic heterocycles. The third kappa shape index (κ3) is 3.72. The smallest absolute Gasteiger partial charge is 0.341 e. The molecule has 3 rings (SSSR count). The van der Waals surface area contributed by atoms with Crippen LogP contribution in [0, 0.1) is 0 Å². The highest BCUT2D eigenvalue weighted by Gasteiger charge is 2.29. The highest BCUT2D eigenvalue weighted by molar-refractivity contribution is 8.14. The highest BCUT2D eigenvalue weighted by Crippen LogP contribution is 2.19. The Morgan fingerprint density at radius 2 is 2.12 bits per heavy atom. The molecule has 0 aliphatic carbocycles.